The van der Waals surface area contributed by atoms with Crippen molar-refractivity contribution in [1.82, 2.24) is 10.4 Å². The van der Waals surface area contributed by atoms with Gasteiger partial charge in [-0.15, -0.1) is 0 Å². The lowest BCUT2D eigenvalue weighted by Crippen LogP contribution is -2.19. The van der Waals surface area contributed by atoms with Gasteiger partial charge in [-0.05, 0) is 36.6 Å². The third kappa shape index (κ3) is 3.51. The molecule has 0 aliphatic rings. The molecule has 0 aliphatic heterocycles. The van der Waals surface area contributed by atoms with Gasteiger partial charge in [0.1, 0.15) is 0 Å². The van der Waals surface area contributed by atoms with Gasteiger partial charge in [-0.3, -0.25) is 9.78 Å². The summed E-state index contributed by atoms with van der Waals surface area (Å²) < 4.78 is 0. The normalized spacial score (nSPS) is 11.2. The summed E-state index contributed by atoms with van der Waals surface area (Å²) in [6, 6.07) is 11.6. The molecule has 1 N–H and O–H groups in total. The van der Waals surface area contributed by atoms with E-state index in [1.165, 1.54) is 11.8 Å². The number of nitrogens with one attached hydrogen (secondary N) is 1. The van der Waals surface area contributed by atoms with Crippen LogP contribution in [0.2, 0.25) is 0 Å². The van der Waals surface area contributed by atoms with Gasteiger partial charge in [0.25, 0.3) is 5.91 Å². The number of hydrogen-bond donors (Lipinski definition) is 1. The quantitative estimate of drug-likeness (QED) is 0.684. The zero-order chi connectivity index (χ0) is 14.4. The Hall–Kier alpha value is -2.49. The molecule has 0 saturated heterocycles. The van der Waals surface area contributed by atoms with Crippen LogP contribution in [-0.4, -0.2) is 16.6 Å². The van der Waals surface area contributed by atoms with Crippen LogP contribution in [0.4, 0.5) is 0 Å². The third-order valence-electron chi connectivity index (χ3n) is 3.03. The van der Waals surface area contributed by atoms with Crippen molar-refractivity contribution in [3.8, 4) is 0 Å². The summed E-state index contributed by atoms with van der Waals surface area (Å²) >= 11 is 0. The first-order chi connectivity index (χ1) is 9.70. The summed E-state index contributed by atoms with van der Waals surface area (Å²) in [4.78, 5) is 15.7. The molecular weight excluding hydrogens is 250 g/mol. The van der Waals surface area contributed by atoms with Gasteiger partial charge in [0.15, 0.2) is 0 Å². The number of nitrogens with zero attached hydrogens (tertiary/aromatic N) is 2. The summed E-state index contributed by atoms with van der Waals surface area (Å²) in [6.45, 7) is 3.98. The molecule has 0 fully saturated rings. The minimum Gasteiger partial charge on any atom is -0.267 e. The highest BCUT2D eigenvalue weighted by Crippen LogP contribution is 2.06. The maximum absolute atomic E-state index is 11.8. The molecule has 2 rings (SSSR count). The van der Waals surface area contributed by atoms with E-state index in [2.05, 4.69) is 34.6 Å². The molecule has 1 heterocycles. The van der Waals surface area contributed by atoms with E-state index in [0.29, 0.717) is 5.56 Å². The van der Waals surface area contributed by atoms with Crippen molar-refractivity contribution in [2.45, 2.75) is 20.3 Å². The van der Waals surface area contributed by atoms with Gasteiger partial charge in [0, 0.05) is 12.4 Å². The second-order valence-corrected chi connectivity index (χ2v) is 4.43. The van der Waals surface area contributed by atoms with Crippen LogP contribution in [-0.2, 0) is 6.42 Å². The predicted molar refractivity (Wildman–Crippen MR) is 79.7 cm³/mol. The van der Waals surface area contributed by atoms with Crippen molar-refractivity contribution < 1.29 is 4.79 Å². The van der Waals surface area contributed by atoms with Crippen molar-refractivity contribution >= 4 is 11.6 Å². The second kappa shape index (κ2) is 6.61. The molecule has 102 valence electrons. The van der Waals surface area contributed by atoms with Gasteiger partial charge in [0.05, 0.1) is 11.3 Å². The van der Waals surface area contributed by atoms with Crippen molar-refractivity contribution in [3.63, 3.8) is 0 Å². The molecule has 0 spiro atoms. The highest BCUT2D eigenvalue weighted by Gasteiger charge is 2.04. The summed E-state index contributed by atoms with van der Waals surface area (Å²) in [6.07, 6.45) is 4.14. The zero-order valence-corrected chi connectivity index (χ0v) is 11.6. The summed E-state index contributed by atoms with van der Waals surface area (Å²) in [7, 11) is 0. The van der Waals surface area contributed by atoms with Gasteiger partial charge in [-0.2, -0.15) is 5.10 Å². The Morgan fingerprint density at radius 2 is 1.95 bits per heavy atom. The van der Waals surface area contributed by atoms with E-state index in [0.717, 1.165) is 17.7 Å². The number of amides is 1. The van der Waals surface area contributed by atoms with Gasteiger partial charge in [-0.25, -0.2) is 5.43 Å². The topological polar surface area (TPSA) is 54.4 Å². The number of carbonyl (C=O) groups excluding carboxylic acids is 1. The van der Waals surface area contributed by atoms with Crippen LogP contribution >= 0.6 is 0 Å². The smallest absolute Gasteiger partial charge is 0.267 e. The SMILES string of the molecule is CCc1ccc(/C(C)=N\NC(=O)c2cccnc2)cc1. The minimum atomic E-state index is -0.261. The molecule has 0 saturated carbocycles. The molecule has 0 atom stereocenters. The van der Waals surface area contributed by atoms with Crippen molar-refractivity contribution in [1.29, 1.82) is 0 Å². The van der Waals surface area contributed by atoms with E-state index < -0.39 is 0 Å². The van der Waals surface area contributed by atoms with E-state index in [-0.39, 0.29) is 5.91 Å². The van der Waals surface area contributed by atoms with Crippen molar-refractivity contribution in [2.24, 2.45) is 5.10 Å². The fourth-order valence-corrected chi connectivity index (χ4v) is 1.74. The maximum Gasteiger partial charge on any atom is 0.272 e. The monoisotopic (exact) mass is 267 g/mol. The fraction of sp³-hybridized carbons (Fsp3) is 0.188. The van der Waals surface area contributed by atoms with Gasteiger partial charge >= 0.3 is 0 Å². The first kappa shape index (κ1) is 13.9. The third-order valence-corrected chi connectivity index (χ3v) is 3.03. The highest BCUT2D eigenvalue weighted by atomic mass is 16.2. The second-order valence-electron chi connectivity index (χ2n) is 4.43. The molecule has 4 heteroatoms. The number of aryl methyl sites for hydroxylation is 1. The molecule has 0 aliphatic carbocycles. The number of benzene rings is 1. The standard InChI is InChI=1S/C16H17N3O/c1-3-13-6-8-14(9-7-13)12(2)18-19-16(20)15-5-4-10-17-11-15/h4-11H,3H2,1-2H3,(H,19,20)/b18-12-. The number of hydrazone groups is 1. The highest BCUT2D eigenvalue weighted by molar-refractivity contribution is 6.00. The van der Waals surface area contributed by atoms with E-state index in [9.17, 15) is 4.79 Å². The molecule has 1 amide bonds. The Balaban J connectivity index is 2.05. The minimum absolute atomic E-state index is 0.261. The van der Waals surface area contributed by atoms with Crippen LogP contribution in [0.3, 0.4) is 0 Å². The average molecular weight is 267 g/mol. The van der Waals surface area contributed by atoms with Crippen molar-refractivity contribution in [2.75, 3.05) is 0 Å². The number of hydrogen-bond acceptors (Lipinski definition) is 3. The Labute approximate surface area is 118 Å². The lowest BCUT2D eigenvalue weighted by molar-refractivity contribution is 0.0954. The van der Waals surface area contributed by atoms with Crippen molar-refractivity contribution in [3.05, 3.63) is 65.5 Å². The molecule has 2 aromatic rings. The molecule has 1 aromatic heterocycles. The number of carbonyl (C=O) groups is 1. The van der Waals surface area contributed by atoms with E-state index >= 15 is 0 Å². The maximum atomic E-state index is 11.8. The predicted octanol–water partition coefficient (Wildman–Crippen LogP) is 2.80. The van der Waals surface area contributed by atoms with Gasteiger partial charge < -0.3 is 0 Å². The van der Waals surface area contributed by atoms with E-state index in [4.69, 9.17) is 0 Å². The number of rotatable bonds is 4. The lowest BCUT2D eigenvalue weighted by atomic mass is 10.1. The molecule has 0 radical (unpaired) electrons. The van der Waals surface area contributed by atoms with Gasteiger partial charge in [-0.1, -0.05) is 31.2 Å². The molecule has 20 heavy (non-hydrogen) atoms. The first-order valence-electron chi connectivity index (χ1n) is 6.54. The Morgan fingerprint density at radius 3 is 2.55 bits per heavy atom. The molecule has 0 bridgehead atoms. The van der Waals surface area contributed by atoms with Crippen LogP contribution in [0.25, 0.3) is 0 Å². The number of aromatic nitrogens is 1. The fourth-order valence-electron chi connectivity index (χ4n) is 1.74. The van der Waals surface area contributed by atoms with Crippen LogP contribution < -0.4 is 5.43 Å². The summed E-state index contributed by atoms with van der Waals surface area (Å²) in [5.41, 5.74) is 6.07. The average Bonchev–Trinajstić information content (AvgIpc) is 2.53. The van der Waals surface area contributed by atoms with E-state index in [1.54, 1.807) is 18.3 Å². The lowest BCUT2D eigenvalue weighted by Gasteiger charge is -2.04. The zero-order valence-electron chi connectivity index (χ0n) is 11.6. The Bertz CT molecular complexity index is 603. The van der Waals surface area contributed by atoms with Crippen LogP contribution in [0, 0.1) is 0 Å². The molecular formula is C16H17N3O. The summed E-state index contributed by atoms with van der Waals surface area (Å²) in [5, 5.41) is 4.12. The first-order valence-corrected chi connectivity index (χ1v) is 6.54. The number of pyridine rings is 1. The van der Waals surface area contributed by atoms with Crippen LogP contribution in [0.15, 0.2) is 53.9 Å². The Kier molecular flexibility index (Phi) is 4.60. The van der Waals surface area contributed by atoms with Crippen LogP contribution in [0.1, 0.15) is 35.3 Å². The Morgan fingerprint density at radius 1 is 1.20 bits per heavy atom. The molecule has 0 unspecified atom stereocenters. The van der Waals surface area contributed by atoms with Crippen LogP contribution in [0.5, 0.6) is 0 Å². The van der Waals surface area contributed by atoms with E-state index in [1.807, 2.05) is 19.1 Å². The molecule has 4 nitrogen and oxygen atoms in total. The molecule has 1 aromatic carbocycles. The van der Waals surface area contributed by atoms with Gasteiger partial charge in [0.2, 0.25) is 0 Å². The largest absolute Gasteiger partial charge is 0.272 e. The summed E-state index contributed by atoms with van der Waals surface area (Å²) in [5.74, 6) is -0.261.